The number of aryl methyl sites for hydroxylation is 1. The van der Waals surface area contributed by atoms with Gasteiger partial charge >= 0.3 is 0 Å². The van der Waals surface area contributed by atoms with Crippen molar-refractivity contribution >= 4 is 28.1 Å². The predicted octanol–water partition coefficient (Wildman–Crippen LogP) is 4.60. The van der Waals surface area contributed by atoms with Crippen LogP contribution in [0.15, 0.2) is 42.6 Å². The van der Waals surface area contributed by atoms with E-state index in [1.807, 2.05) is 43.5 Å². The molecule has 0 saturated carbocycles. The standard InChI is InChI=1S/C24H25N3O4S/c1-14-22(23(28)25-10-9-15-13-26-18-8-6-5-7-17(15)18)32-24(27-14)16-11-19(29-2)21(31-4)20(12-16)30-3/h5-8,11-13,26H,9-10H2,1-4H3,(H,25,28). The first-order valence-electron chi connectivity index (χ1n) is 10.2. The highest BCUT2D eigenvalue weighted by atomic mass is 32.1. The fourth-order valence-electron chi connectivity index (χ4n) is 3.66. The Morgan fingerprint density at radius 2 is 1.81 bits per heavy atom. The zero-order valence-electron chi connectivity index (χ0n) is 18.4. The third-order valence-corrected chi connectivity index (χ3v) is 6.47. The first-order chi connectivity index (χ1) is 15.5. The maximum absolute atomic E-state index is 12.8. The minimum atomic E-state index is -0.126. The summed E-state index contributed by atoms with van der Waals surface area (Å²) in [6, 6.07) is 11.8. The van der Waals surface area contributed by atoms with Crippen LogP contribution in [0.1, 0.15) is 20.9 Å². The molecule has 1 amide bonds. The lowest BCUT2D eigenvalue weighted by molar-refractivity contribution is 0.0957. The molecular formula is C24H25N3O4S. The highest BCUT2D eigenvalue weighted by Gasteiger charge is 2.20. The van der Waals surface area contributed by atoms with Crippen molar-refractivity contribution in [3.63, 3.8) is 0 Å². The number of rotatable bonds is 8. The van der Waals surface area contributed by atoms with Crippen molar-refractivity contribution in [1.29, 1.82) is 0 Å². The number of carbonyl (C=O) groups excluding carboxylic acids is 1. The monoisotopic (exact) mass is 451 g/mol. The number of fused-ring (bicyclic) bond motifs is 1. The van der Waals surface area contributed by atoms with Crippen LogP contribution in [0.3, 0.4) is 0 Å². The predicted molar refractivity (Wildman–Crippen MR) is 126 cm³/mol. The van der Waals surface area contributed by atoms with Gasteiger partial charge in [-0.2, -0.15) is 0 Å². The minimum absolute atomic E-state index is 0.126. The molecule has 4 rings (SSSR count). The Morgan fingerprint density at radius 3 is 2.50 bits per heavy atom. The van der Waals surface area contributed by atoms with E-state index in [1.54, 1.807) is 21.3 Å². The van der Waals surface area contributed by atoms with Gasteiger partial charge in [0.1, 0.15) is 9.88 Å². The topological polar surface area (TPSA) is 85.5 Å². The van der Waals surface area contributed by atoms with Gasteiger partial charge in [-0.1, -0.05) is 18.2 Å². The van der Waals surface area contributed by atoms with Crippen molar-refractivity contribution < 1.29 is 19.0 Å². The van der Waals surface area contributed by atoms with E-state index in [4.69, 9.17) is 14.2 Å². The molecule has 0 aliphatic carbocycles. The third-order valence-electron chi connectivity index (χ3n) is 5.27. The average molecular weight is 452 g/mol. The quantitative estimate of drug-likeness (QED) is 0.409. The van der Waals surface area contributed by atoms with Crippen LogP contribution >= 0.6 is 11.3 Å². The first-order valence-corrected chi connectivity index (χ1v) is 11.0. The maximum Gasteiger partial charge on any atom is 0.263 e. The number of amides is 1. The number of para-hydroxylation sites is 1. The number of benzene rings is 2. The molecule has 0 fully saturated rings. The van der Waals surface area contributed by atoms with Crippen LogP contribution in [0.2, 0.25) is 0 Å². The van der Waals surface area contributed by atoms with Crippen molar-refractivity contribution in [3.05, 3.63) is 58.7 Å². The molecule has 2 heterocycles. The molecule has 2 N–H and O–H groups in total. The van der Waals surface area contributed by atoms with Gasteiger partial charge in [-0.25, -0.2) is 4.98 Å². The summed E-state index contributed by atoms with van der Waals surface area (Å²) in [5.41, 5.74) is 3.76. The normalized spacial score (nSPS) is 10.9. The summed E-state index contributed by atoms with van der Waals surface area (Å²) in [5.74, 6) is 1.47. The number of H-pyrrole nitrogens is 1. The van der Waals surface area contributed by atoms with Gasteiger partial charge in [0.15, 0.2) is 11.5 Å². The summed E-state index contributed by atoms with van der Waals surface area (Å²) >= 11 is 1.34. The summed E-state index contributed by atoms with van der Waals surface area (Å²) in [5, 5.41) is 4.91. The summed E-state index contributed by atoms with van der Waals surface area (Å²) in [6.45, 7) is 2.38. The Kier molecular flexibility index (Phi) is 6.32. The molecule has 0 unspecified atom stereocenters. The van der Waals surface area contributed by atoms with Crippen molar-refractivity contribution in [2.24, 2.45) is 0 Å². The Bertz CT molecular complexity index is 1240. The van der Waals surface area contributed by atoms with E-state index in [0.29, 0.717) is 39.4 Å². The second-order valence-corrected chi connectivity index (χ2v) is 8.21. The highest BCUT2D eigenvalue weighted by molar-refractivity contribution is 7.17. The number of thiazole rings is 1. The van der Waals surface area contributed by atoms with E-state index >= 15 is 0 Å². The first kappa shape index (κ1) is 21.7. The Balaban J connectivity index is 1.50. The molecule has 0 aliphatic heterocycles. The lowest BCUT2D eigenvalue weighted by Gasteiger charge is -2.13. The number of ether oxygens (including phenoxy) is 3. The molecule has 0 bridgehead atoms. The van der Waals surface area contributed by atoms with Crippen LogP contribution in [0.5, 0.6) is 17.2 Å². The van der Waals surface area contributed by atoms with Crippen LogP contribution in [-0.4, -0.2) is 43.7 Å². The van der Waals surface area contributed by atoms with E-state index in [2.05, 4.69) is 21.4 Å². The fraction of sp³-hybridized carbons (Fsp3) is 0.250. The zero-order valence-corrected chi connectivity index (χ0v) is 19.3. The van der Waals surface area contributed by atoms with Crippen LogP contribution in [0.4, 0.5) is 0 Å². The van der Waals surface area contributed by atoms with Gasteiger partial charge in [0.2, 0.25) is 5.75 Å². The summed E-state index contributed by atoms with van der Waals surface area (Å²) in [4.78, 5) is 21.3. The smallest absolute Gasteiger partial charge is 0.263 e. The van der Waals surface area contributed by atoms with E-state index in [0.717, 1.165) is 17.5 Å². The number of hydrogen-bond donors (Lipinski definition) is 2. The maximum atomic E-state index is 12.8. The molecule has 0 aliphatic rings. The second kappa shape index (κ2) is 9.32. The van der Waals surface area contributed by atoms with Crippen LogP contribution in [0, 0.1) is 6.92 Å². The molecule has 7 nitrogen and oxygen atoms in total. The summed E-state index contributed by atoms with van der Waals surface area (Å²) < 4.78 is 16.3. The fourth-order valence-corrected chi connectivity index (χ4v) is 4.63. The number of methoxy groups -OCH3 is 3. The van der Waals surface area contributed by atoms with Gasteiger partial charge in [-0.15, -0.1) is 11.3 Å². The Hall–Kier alpha value is -3.52. The molecule has 166 valence electrons. The number of carbonyl (C=O) groups is 1. The van der Waals surface area contributed by atoms with Crippen LogP contribution in [-0.2, 0) is 6.42 Å². The van der Waals surface area contributed by atoms with Gasteiger partial charge in [-0.05, 0) is 37.1 Å². The molecule has 0 radical (unpaired) electrons. The van der Waals surface area contributed by atoms with Gasteiger partial charge < -0.3 is 24.5 Å². The number of nitrogens with one attached hydrogen (secondary N) is 2. The van der Waals surface area contributed by atoms with Crippen molar-refractivity contribution in [3.8, 4) is 27.8 Å². The number of aromatic nitrogens is 2. The van der Waals surface area contributed by atoms with Crippen LogP contribution in [0.25, 0.3) is 21.5 Å². The number of hydrogen-bond acceptors (Lipinski definition) is 6. The van der Waals surface area contributed by atoms with Crippen molar-refractivity contribution in [2.75, 3.05) is 27.9 Å². The molecule has 8 heteroatoms. The third kappa shape index (κ3) is 4.13. The number of nitrogens with zero attached hydrogens (tertiary/aromatic N) is 1. The zero-order chi connectivity index (χ0) is 22.7. The Labute approximate surface area is 190 Å². The number of aromatic amines is 1. The molecule has 2 aromatic carbocycles. The molecule has 0 spiro atoms. The highest BCUT2D eigenvalue weighted by Crippen LogP contribution is 2.42. The van der Waals surface area contributed by atoms with Gasteiger partial charge in [0, 0.05) is 29.2 Å². The van der Waals surface area contributed by atoms with Crippen LogP contribution < -0.4 is 19.5 Å². The van der Waals surface area contributed by atoms with Crippen molar-refractivity contribution in [1.82, 2.24) is 15.3 Å². The lowest BCUT2D eigenvalue weighted by Crippen LogP contribution is -2.25. The second-order valence-electron chi connectivity index (χ2n) is 7.21. The van der Waals surface area contributed by atoms with E-state index in [-0.39, 0.29) is 5.91 Å². The van der Waals surface area contributed by atoms with Gasteiger partial charge in [0.05, 0.1) is 27.0 Å². The summed E-state index contributed by atoms with van der Waals surface area (Å²) in [6.07, 6.45) is 2.74. The largest absolute Gasteiger partial charge is 0.493 e. The van der Waals surface area contributed by atoms with Crippen molar-refractivity contribution in [2.45, 2.75) is 13.3 Å². The molecule has 4 aromatic rings. The summed E-state index contributed by atoms with van der Waals surface area (Å²) in [7, 11) is 4.70. The minimum Gasteiger partial charge on any atom is -0.493 e. The van der Waals surface area contributed by atoms with Gasteiger partial charge in [-0.3, -0.25) is 4.79 Å². The van der Waals surface area contributed by atoms with E-state index in [9.17, 15) is 4.79 Å². The molecule has 0 saturated heterocycles. The lowest BCUT2D eigenvalue weighted by atomic mass is 10.1. The molecule has 0 atom stereocenters. The molecular weight excluding hydrogens is 426 g/mol. The molecule has 32 heavy (non-hydrogen) atoms. The average Bonchev–Trinajstić information content (AvgIpc) is 3.41. The molecule has 2 aromatic heterocycles. The SMILES string of the molecule is COc1cc(-c2nc(C)c(C(=O)NCCc3c[nH]c4ccccc34)s2)cc(OC)c1OC. The van der Waals surface area contributed by atoms with E-state index < -0.39 is 0 Å². The van der Waals surface area contributed by atoms with E-state index in [1.165, 1.54) is 22.3 Å². The Morgan fingerprint density at radius 1 is 1.09 bits per heavy atom. The van der Waals surface area contributed by atoms with Gasteiger partial charge in [0.25, 0.3) is 5.91 Å².